The van der Waals surface area contributed by atoms with Crippen molar-refractivity contribution in [1.29, 1.82) is 0 Å². The molecule has 3 aromatic rings. The second kappa shape index (κ2) is 11.8. The molecule has 0 N–H and O–H groups in total. The third-order valence-electron chi connectivity index (χ3n) is 6.77. The lowest BCUT2D eigenvalue weighted by molar-refractivity contribution is -0.135. The molecule has 1 amide bonds. The van der Waals surface area contributed by atoms with Crippen LogP contribution in [0.25, 0.3) is 0 Å². The van der Waals surface area contributed by atoms with Crippen molar-refractivity contribution < 1.29 is 17.9 Å². The van der Waals surface area contributed by atoms with Crippen LogP contribution in [0.5, 0.6) is 5.75 Å². The van der Waals surface area contributed by atoms with Crippen LogP contribution in [-0.2, 0) is 21.2 Å². The molecule has 1 aromatic heterocycles. The Morgan fingerprint density at radius 1 is 1.05 bits per heavy atom. The number of sulfonamides is 1. The van der Waals surface area contributed by atoms with Crippen molar-refractivity contribution in [3.05, 3.63) is 81.5 Å². The fourth-order valence-electron chi connectivity index (χ4n) is 4.47. The summed E-state index contributed by atoms with van der Waals surface area (Å²) >= 11 is 1.69. The molecule has 198 valence electrons. The maximum absolute atomic E-state index is 13.8. The quantitative estimate of drug-likeness (QED) is 0.335. The molecule has 0 aliphatic carbocycles. The number of hydrogen-bond acceptors (Lipinski definition) is 5. The molecule has 0 bridgehead atoms. The lowest BCUT2D eigenvalue weighted by Crippen LogP contribution is -2.48. The van der Waals surface area contributed by atoms with E-state index in [2.05, 4.69) is 19.9 Å². The Balaban J connectivity index is 1.56. The van der Waals surface area contributed by atoms with E-state index >= 15 is 0 Å². The van der Waals surface area contributed by atoms with Crippen molar-refractivity contribution >= 4 is 27.3 Å². The highest BCUT2D eigenvalue weighted by Gasteiger charge is 2.35. The second-order valence-electron chi connectivity index (χ2n) is 10.1. The monoisotopic (exact) mass is 540 g/mol. The fourth-order valence-corrected chi connectivity index (χ4v) is 6.80. The number of nitrogens with zero attached hydrogens (tertiary/aromatic N) is 2. The SMILES string of the molecule is Cc1ccc(OC[C@H]2c3ccsc3CCN2C(=O)CN(CCC(C)C)S(=O)(=O)c2ccc(C)cc2)cc1. The molecule has 2 aromatic carbocycles. The van der Waals surface area contributed by atoms with E-state index < -0.39 is 10.0 Å². The molecule has 8 heteroatoms. The summed E-state index contributed by atoms with van der Waals surface area (Å²) in [6, 6.07) is 16.5. The van der Waals surface area contributed by atoms with E-state index in [0.717, 1.165) is 28.9 Å². The largest absolute Gasteiger partial charge is 0.491 e. The normalized spacial score (nSPS) is 15.7. The van der Waals surface area contributed by atoms with E-state index in [0.29, 0.717) is 32.0 Å². The van der Waals surface area contributed by atoms with Crippen LogP contribution in [-0.4, -0.2) is 49.8 Å². The first-order valence-electron chi connectivity index (χ1n) is 12.8. The Morgan fingerprint density at radius 3 is 2.35 bits per heavy atom. The van der Waals surface area contributed by atoms with Gasteiger partial charge in [-0.1, -0.05) is 49.2 Å². The summed E-state index contributed by atoms with van der Waals surface area (Å²) in [6.07, 6.45) is 1.43. The number of fused-ring (bicyclic) bond motifs is 1. The first kappa shape index (κ1) is 27.4. The highest BCUT2D eigenvalue weighted by molar-refractivity contribution is 7.89. The van der Waals surface area contributed by atoms with Gasteiger partial charge in [0.1, 0.15) is 12.4 Å². The minimum absolute atomic E-state index is 0.191. The average Bonchev–Trinajstić information content (AvgIpc) is 3.35. The van der Waals surface area contributed by atoms with Gasteiger partial charge in [-0.3, -0.25) is 4.79 Å². The Hall–Kier alpha value is -2.68. The molecule has 6 nitrogen and oxygen atoms in total. The molecule has 4 rings (SSSR count). The first-order chi connectivity index (χ1) is 17.6. The van der Waals surface area contributed by atoms with Crippen molar-refractivity contribution in [2.24, 2.45) is 5.92 Å². The topological polar surface area (TPSA) is 66.9 Å². The van der Waals surface area contributed by atoms with Gasteiger partial charge in [-0.05, 0) is 73.9 Å². The van der Waals surface area contributed by atoms with Crippen molar-refractivity contribution in [2.45, 2.75) is 51.5 Å². The molecule has 0 radical (unpaired) electrons. The number of hydrogen-bond donors (Lipinski definition) is 0. The number of amides is 1. The van der Waals surface area contributed by atoms with Crippen molar-refractivity contribution in [3.63, 3.8) is 0 Å². The number of carbonyl (C=O) groups excluding carboxylic acids is 1. The number of thiophene rings is 1. The standard InChI is InChI=1S/C29H36N2O4S2/c1-21(2)13-16-30(37(33,34)25-11-7-23(4)8-12-25)19-29(32)31-17-14-28-26(15-18-36-28)27(31)20-35-24-9-5-22(3)6-10-24/h5-12,15,18,21,27H,13-14,16-17,19-20H2,1-4H3/t27-/m0/s1. The van der Waals surface area contributed by atoms with Gasteiger partial charge in [0.25, 0.3) is 0 Å². The van der Waals surface area contributed by atoms with Gasteiger partial charge in [0, 0.05) is 18.0 Å². The first-order valence-corrected chi connectivity index (χ1v) is 15.1. The van der Waals surface area contributed by atoms with Crippen LogP contribution in [0, 0.1) is 19.8 Å². The van der Waals surface area contributed by atoms with E-state index in [1.54, 1.807) is 40.5 Å². The van der Waals surface area contributed by atoms with Crippen LogP contribution in [0.1, 0.15) is 47.9 Å². The maximum atomic E-state index is 13.8. The van der Waals surface area contributed by atoms with Crippen molar-refractivity contribution in [3.8, 4) is 5.75 Å². The summed E-state index contributed by atoms with van der Waals surface area (Å²) in [4.78, 5) is 17.0. The van der Waals surface area contributed by atoms with E-state index in [9.17, 15) is 13.2 Å². The predicted molar refractivity (Wildman–Crippen MR) is 149 cm³/mol. The maximum Gasteiger partial charge on any atom is 0.243 e. The highest BCUT2D eigenvalue weighted by Crippen LogP contribution is 2.34. The highest BCUT2D eigenvalue weighted by atomic mass is 32.2. The molecule has 0 saturated heterocycles. The zero-order chi connectivity index (χ0) is 26.6. The summed E-state index contributed by atoms with van der Waals surface area (Å²) in [6.45, 7) is 9.01. The van der Waals surface area contributed by atoms with E-state index in [4.69, 9.17) is 4.74 Å². The molecule has 1 atom stereocenters. The van der Waals surface area contributed by atoms with Crippen LogP contribution < -0.4 is 4.74 Å². The van der Waals surface area contributed by atoms with Gasteiger partial charge >= 0.3 is 0 Å². The molecule has 37 heavy (non-hydrogen) atoms. The van der Waals surface area contributed by atoms with Crippen LogP contribution in [0.2, 0.25) is 0 Å². The van der Waals surface area contributed by atoms with Gasteiger partial charge in [0.2, 0.25) is 15.9 Å². The van der Waals surface area contributed by atoms with Crippen LogP contribution >= 0.6 is 11.3 Å². The lowest BCUT2D eigenvalue weighted by Gasteiger charge is -2.37. The Kier molecular flexibility index (Phi) is 8.72. The summed E-state index contributed by atoms with van der Waals surface area (Å²) in [5.41, 5.74) is 3.23. The molecule has 1 aliphatic rings. The number of aryl methyl sites for hydroxylation is 2. The van der Waals surface area contributed by atoms with E-state index in [-0.39, 0.29) is 23.4 Å². The Morgan fingerprint density at radius 2 is 1.70 bits per heavy atom. The minimum atomic E-state index is -3.82. The van der Waals surface area contributed by atoms with Gasteiger partial charge in [-0.2, -0.15) is 4.31 Å². The molecule has 2 heterocycles. The van der Waals surface area contributed by atoms with Crippen molar-refractivity contribution in [1.82, 2.24) is 9.21 Å². The average molecular weight is 541 g/mol. The Bertz CT molecular complexity index is 1300. The molecule has 1 aliphatic heterocycles. The lowest BCUT2D eigenvalue weighted by atomic mass is 10.0. The van der Waals surface area contributed by atoms with Crippen LogP contribution in [0.4, 0.5) is 0 Å². The predicted octanol–water partition coefficient (Wildman–Crippen LogP) is 5.61. The van der Waals surface area contributed by atoms with Gasteiger partial charge in [0.05, 0.1) is 17.5 Å². The number of ether oxygens (including phenoxy) is 1. The van der Waals surface area contributed by atoms with Crippen molar-refractivity contribution in [2.75, 3.05) is 26.2 Å². The second-order valence-corrected chi connectivity index (χ2v) is 13.0. The number of carbonyl (C=O) groups is 1. The molecule has 0 unspecified atom stereocenters. The number of benzene rings is 2. The number of rotatable bonds is 10. The Labute approximate surface area is 224 Å². The van der Waals surface area contributed by atoms with Gasteiger partial charge in [-0.25, -0.2) is 8.42 Å². The molecule has 0 spiro atoms. The molecule has 0 saturated carbocycles. The minimum Gasteiger partial charge on any atom is -0.491 e. The van der Waals surface area contributed by atoms with Gasteiger partial charge in [-0.15, -0.1) is 11.3 Å². The zero-order valence-electron chi connectivity index (χ0n) is 22.0. The molecular weight excluding hydrogens is 504 g/mol. The van der Waals surface area contributed by atoms with Gasteiger partial charge in [0.15, 0.2) is 0 Å². The van der Waals surface area contributed by atoms with Gasteiger partial charge < -0.3 is 9.64 Å². The molecule has 0 fully saturated rings. The van der Waals surface area contributed by atoms with E-state index in [1.165, 1.54) is 9.18 Å². The third-order valence-corrected chi connectivity index (χ3v) is 9.63. The molecular formula is C29H36N2O4S2. The van der Waals surface area contributed by atoms with Crippen LogP contribution in [0.3, 0.4) is 0 Å². The van der Waals surface area contributed by atoms with E-state index in [1.807, 2.05) is 43.5 Å². The van der Waals surface area contributed by atoms with Crippen LogP contribution in [0.15, 0.2) is 64.9 Å². The summed E-state index contributed by atoms with van der Waals surface area (Å²) < 4.78 is 34.6. The fraction of sp³-hybridized carbons (Fsp3) is 0.414. The smallest absolute Gasteiger partial charge is 0.243 e. The zero-order valence-corrected chi connectivity index (χ0v) is 23.6. The summed E-state index contributed by atoms with van der Waals surface area (Å²) in [5.74, 6) is 0.861. The summed E-state index contributed by atoms with van der Waals surface area (Å²) in [7, 11) is -3.82. The summed E-state index contributed by atoms with van der Waals surface area (Å²) in [5, 5.41) is 2.05. The third kappa shape index (κ3) is 6.61.